The summed E-state index contributed by atoms with van der Waals surface area (Å²) in [5.74, 6) is 0.265. The maximum atomic E-state index is 13.5. The molecule has 5 heteroatoms. The monoisotopic (exact) mass is 329 g/mol. The molecule has 0 aliphatic carbocycles. The van der Waals surface area contributed by atoms with Gasteiger partial charge < -0.3 is 14.4 Å². The van der Waals surface area contributed by atoms with Crippen molar-refractivity contribution in [2.24, 2.45) is 0 Å². The van der Waals surface area contributed by atoms with Gasteiger partial charge in [-0.25, -0.2) is 4.39 Å². The number of para-hydroxylation sites is 1. The van der Waals surface area contributed by atoms with Crippen molar-refractivity contribution in [2.75, 3.05) is 19.7 Å². The van der Waals surface area contributed by atoms with Gasteiger partial charge in [0.15, 0.2) is 0 Å². The average Bonchev–Trinajstić information content (AvgIpc) is 2.55. The maximum absolute atomic E-state index is 13.5. The van der Waals surface area contributed by atoms with E-state index in [9.17, 15) is 9.18 Å². The van der Waals surface area contributed by atoms with Crippen LogP contribution in [0.4, 0.5) is 4.39 Å². The Morgan fingerprint density at radius 2 is 1.88 bits per heavy atom. The quantitative estimate of drug-likeness (QED) is 0.816. The third-order valence-electron chi connectivity index (χ3n) is 3.98. The normalized spacial score (nSPS) is 14.3. The molecule has 0 saturated carbocycles. The number of rotatable bonds is 6. The Labute approximate surface area is 140 Å². The van der Waals surface area contributed by atoms with Crippen LogP contribution in [0.3, 0.4) is 0 Å². The molecule has 1 amide bonds. The molecule has 0 unspecified atom stereocenters. The molecule has 0 spiro atoms. The zero-order chi connectivity index (χ0) is 16.9. The van der Waals surface area contributed by atoms with Crippen molar-refractivity contribution in [3.05, 3.63) is 65.5 Å². The summed E-state index contributed by atoms with van der Waals surface area (Å²) in [6.45, 7) is 3.63. The first-order valence-corrected chi connectivity index (χ1v) is 8.05. The molecule has 0 aromatic heterocycles. The summed E-state index contributed by atoms with van der Waals surface area (Å²) in [6, 6.07) is 13.8. The number of ether oxygens (including phenoxy) is 2. The second-order valence-electron chi connectivity index (χ2n) is 5.66. The van der Waals surface area contributed by atoms with E-state index in [4.69, 9.17) is 9.47 Å². The molecule has 0 bridgehead atoms. The lowest BCUT2D eigenvalue weighted by atomic mass is 10.1. The van der Waals surface area contributed by atoms with Crippen LogP contribution >= 0.6 is 0 Å². The van der Waals surface area contributed by atoms with Gasteiger partial charge in [0.25, 0.3) is 5.91 Å². The lowest BCUT2D eigenvalue weighted by Crippen LogP contribution is -2.54. The van der Waals surface area contributed by atoms with Crippen molar-refractivity contribution in [3.63, 3.8) is 0 Å². The summed E-state index contributed by atoms with van der Waals surface area (Å²) in [6.07, 6.45) is -0.0622. The molecule has 1 heterocycles. The molecule has 1 aliphatic rings. The molecule has 2 aromatic rings. The zero-order valence-electron chi connectivity index (χ0n) is 13.6. The Bertz CT molecular complexity index is 713. The fraction of sp³-hybridized carbons (Fsp3) is 0.316. The predicted octanol–water partition coefficient (Wildman–Crippen LogP) is 3.27. The zero-order valence-corrected chi connectivity index (χ0v) is 13.6. The van der Waals surface area contributed by atoms with Crippen molar-refractivity contribution in [1.82, 2.24) is 4.90 Å². The Morgan fingerprint density at radius 1 is 1.17 bits per heavy atom. The fourth-order valence-corrected chi connectivity index (χ4v) is 2.63. The van der Waals surface area contributed by atoms with Crippen LogP contribution in [0, 0.1) is 5.82 Å². The van der Waals surface area contributed by atoms with Gasteiger partial charge in [-0.15, -0.1) is 0 Å². The molecule has 2 aromatic carbocycles. The van der Waals surface area contributed by atoms with Gasteiger partial charge in [-0.1, -0.05) is 30.3 Å². The number of nitrogens with zero attached hydrogens (tertiary/aromatic N) is 1. The number of halogens is 1. The summed E-state index contributed by atoms with van der Waals surface area (Å²) in [4.78, 5) is 14.2. The Hall–Kier alpha value is -2.40. The first-order chi connectivity index (χ1) is 11.7. The number of benzene rings is 2. The van der Waals surface area contributed by atoms with Crippen LogP contribution in [0.15, 0.2) is 48.5 Å². The number of hydrogen-bond acceptors (Lipinski definition) is 3. The van der Waals surface area contributed by atoms with E-state index in [1.54, 1.807) is 35.2 Å². The van der Waals surface area contributed by atoms with Crippen molar-refractivity contribution in [2.45, 2.75) is 19.6 Å². The second-order valence-corrected chi connectivity index (χ2v) is 5.66. The smallest absolute Gasteiger partial charge is 0.257 e. The minimum absolute atomic E-state index is 0.0622. The summed E-state index contributed by atoms with van der Waals surface area (Å²) in [5.41, 5.74) is 1.09. The first-order valence-electron chi connectivity index (χ1n) is 8.05. The summed E-state index contributed by atoms with van der Waals surface area (Å²) < 4.78 is 24.7. The molecule has 126 valence electrons. The van der Waals surface area contributed by atoms with E-state index in [0.29, 0.717) is 36.6 Å². The van der Waals surface area contributed by atoms with Gasteiger partial charge in [-0.05, 0) is 25.1 Å². The van der Waals surface area contributed by atoms with Crippen LogP contribution < -0.4 is 4.74 Å². The lowest BCUT2D eigenvalue weighted by Gasteiger charge is -2.39. The minimum Gasteiger partial charge on any atom is -0.493 e. The van der Waals surface area contributed by atoms with E-state index in [2.05, 4.69) is 0 Å². The molecule has 1 fully saturated rings. The SMILES string of the molecule is CCOc1ccccc1C(=O)N1CC(OCc2ccccc2F)C1. The van der Waals surface area contributed by atoms with Crippen LogP contribution in [-0.4, -0.2) is 36.6 Å². The maximum Gasteiger partial charge on any atom is 0.257 e. The lowest BCUT2D eigenvalue weighted by molar-refractivity contribution is -0.0510. The number of carbonyl (C=O) groups is 1. The number of hydrogen-bond donors (Lipinski definition) is 0. The molecular weight excluding hydrogens is 309 g/mol. The highest BCUT2D eigenvalue weighted by Gasteiger charge is 2.33. The van der Waals surface area contributed by atoms with E-state index in [-0.39, 0.29) is 24.4 Å². The van der Waals surface area contributed by atoms with E-state index in [1.165, 1.54) is 6.07 Å². The van der Waals surface area contributed by atoms with Crippen LogP contribution in [0.25, 0.3) is 0 Å². The number of carbonyl (C=O) groups excluding carboxylic acids is 1. The highest BCUT2D eigenvalue weighted by atomic mass is 19.1. The second kappa shape index (κ2) is 7.45. The predicted molar refractivity (Wildman–Crippen MR) is 88.5 cm³/mol. The molecule has 1 saturated heterocycles. The van der Waals surface area contributed by atoms with Gasteiger partial charge >= 0.3 is 0 Å². The summed E-state index contributed by atoms with van der Waals surface area (Å²) in [7, 11) is 0. The van der Waals surface area contributed by atoms with Crippen molar-refractivity contribution < 1.29 is 18.7 Å². The standard InChI is InChI=1S/C19H20FNO3/c1-2-23-18-10-6-4-8-16(18)19(22)21-11-15(12-21)24-13-14-7-3-5-9-17(14)20/h3-10,15H,2,11-13H2,1H3. The molecule has 0 radical (unpaired) electrons. The third-order valence-corrected chi connectivity index (χ3v) is 3.98. The van der Waals surface area contributed by atoms with Gasteiger partial charge in [0.05, 0.1) is 24.9 Å². The topological polar surface area (TPSA) is 38.8 Å². The van der Waals surface area contributed by atoms with Crippen LogP contribution in [0.5, 0.6) is 5.75 Å². The van der Waals surface area contributed by atoms with Gasteiger partial charge in [-0.2, -0.15) is 0 Å². The van der Waals surface area contributed by atoms with Crippen molar-refractivity contribution in [3.8, 4) is 5.75 Å². The van der Waals surface area contributed by atoms with E-state index < -0.39 is 0 Å². The number of likely N-dealkylation sites (tertiary alicyclic amines) is 1. The van der Waals surface area contributed by atoms with Crippen molar-refractivity contribution >= 4 is 5.91 Å². The highest BCUT2D eigenvalue weighted by Crippen LogP contribution is 2.24. The van der Waals surface area contributed by atoms with Gasteiger partial charge in [0, 0.05) is 18.7 Å². The third kappa shape index (κ3) is 3.57. The van der Waals surface area contributed by atoms with Crippen molar-refractivity contribution in [1.29, 1.82) is 0 Å². The molecule has 1 aliphatic heterocycles. The van der Waals surface area contributed by atoms with Gasteiger partial charge in [0.1, 0.15) is 11.6 Å². The highest BCUT2D eigenvalue weighted by molar-refractivity contribution is 5.97. The van der Waals surface area contributed by atoms with Crippen LogP contribution in [-0.2, 0) is 11.3 Å². The van der Waals surface area contributed by atoms with Gasteiger partial charge in [-0.3, -0.25) is 4.79 Å². The minimum atomic E-state index is -0.268. The molecular formula is C19H20FNO3. The Morgan fingerprint density at radius 3 is 2.62 bits per heavy atom. The largest absolute Gasteiger partial charge is 0.493 e. The molecule has 4 nitrogen and oxygen atoms in total. The fourth-order valence-electron chi connectivity index (χ4n) is 2.63. The first kappa shape index (κ1) is 16.5. The van der Waals surface area contributed by atoms with Crippen LogP contribution in [0.1, 0.15) is 22.8 Å². The summed E-state index contributed by atoms with van der Waals surface area (Å²) >= 11 is 0. The van der Waals surface area contributed by atoms with E-state index in [1.807, 2.05) is 19.1 Å². The molecule has 3 rings (SSSR count). The van der Waals surface area contributed by atoms with Crippen LogP contribution in [0.2, 0.25) is 0 Å². The average molecular weight is 329 g/mol. The molecule has 24 heavy (non-hydrogen) atoms. The number of amides is 1. The van der Waals surface area contributed by atoms with E-state index >= 15 is 0 Å². The Kier molecular flexibility index (Phi) is 5.11. The molecule has 0 atom stereocenters. The summed E-state index contributed by atoms with van der Waals surface area (Å²) in [5, 5.41) is 0. The Balaban J connectivity index is 1.53. The van der Waals surface area contributed by atoms with E-state index in [0.717, 1.165) is 0 Å². The molecule has 0 N–H and O–H groups in total. The van der Waals surface area contributed by atoms with Gasteiger partial charge in [0.2, 0.25) is 0 Å².